The van der Waals surface area contributed by atoms with Gasteiger partial charge < -0.3 is 38.8 Å². The summed E-state index contributed by atoms with van der Waals surface area (Å²) in [6, 6.07) is 4.04. The maximum Gasteiger partial charge on any atom is 0.335 e. The Hall–Kier alpha value is -2.82. The first kappa shape index (κ1) is 33.4. The summed E-state index contributed by atoms with van der Waals surface area (Å²) >= 11 is 0. The number of fused-ring (bicyclic) bond motifs is 2. The number of benzene rings is 1. The van der Waals surface area contributed by atoms with E-state index in [0.29, 0.717) is 30.9 Å². The Kier molecular flexibility index (Phi) is 13.2. The van der Waals surface area contributed by atoms with Gasteiger partial charge in [-0.25, -0.2) is 4.79 Å². The molecule has 0 fully saturated rings. The van der Waals surface area contributed by atoms with Crippen molar-refractivity contribution in [1.82, 2.24) is 4.90 Å². The normalized spacial score (nSPS) is 18.4. The van der Waals surface area contributed by atoms with E-state index in [0.717, 1.165) is 42.8 Å². The second-order valence-corrected chi connectivity index (χ2v) is 10.7. The lowest BCUT2D eigenvalue weighted by Gasteiger charge is -2.32. The largest absolute Gasteiger partial charge is 0.497 e. The summed E-state index contributed by atoms with van der Waals surface area (Å²) in [5, 5.41) is 20.5. The summed E-state index contributed by atoms with van der Waals surface area (Å²) in [6.45, 7) is 11.5. The van der Waals surface area contributed by atoms with Gasteiger partial charge in [0.2, 0.25) is 6.79 Å². The molecule has 0 bridgehead atoms. The Morgan fingerprint density at radius 2 is 1.85 bits per heavy atom. The fourth-order valence-electron chi connectivity index (χ4n) is 4.87. The van der Waals surface area contributed by atoms with Crippen LogP contribution in [0.3, 0.4) is 0 Å². The maximum absolute atomic E-state index is 13.0. The fourth-order valence-corrected chi connectivity index (χ4v) is 4.87. The third-order valence-electron chi connectivity index (χ3n) is 6.96. The molecule has 1 aromatic rings. The molecule has 40 heavy (non-hydrogen) atoms. The van der Waals surface area contributed by atoms with Crippen molar-refractivity contribution in [1.29, 1.82) is 0 Å². The second-order valence-electron chi connectivity index (χ2n) is 10.7. The van der Waals surface area contributed by atoms with Crippen molar-refractivity contribution in [2.75, 3.05) is 40.6 Å². The molecule has 0 amide bonds. The number of carbonyl (C=O) groups is 2. The third kappa shape index (κ3) is 9.98. The number of rotatable bonds is 11. The molecule has 0 aromatic heterocycles. The molecule has 2 aliphatic heterocycles. The summed E-state index contributed by atoms with van der Waals surface area (Å²) in [7, 11) is 2.92. The minimum atomic E-state index is -1.27. The zero-order valence-electron chi connectivity index (χ0n) is 25.0. The molecule has 2 heterocycles. The highest BCUT2D eigenvalue weighted by Gasteiger charge is 2.37. The molecule has 1 aromatic carbocycles. The molecular weight excluding hydrogens is 518 g/mol. The van der Waals surface area contributed by atoms with Crippen LogP contribution in [-0.4, -0.2) is 85.5 Å². The van der Waals surface area contributed by atoms with Crippen molar-refractivity contribution in [2.45, 2.75) is 90.4 Å². The van der Waals surface area contributed by atoms with E-state index < -0.39 is 23.8 Å². The van der Waals surface area contributed by atoms with Gasteiger partial charge in [-0.1, -0.05) is 6.92 Å². The van der Waals surface area contributed by atoms with Crippen LogP contribution in [0, 0.1) is 0 Å². The summed E-state index contributed by atoms with van der Waals surface area (Å²) in [5.41, 5.74) is 1.33. The number of carbonyl (C=O) groups excluding carboxylic acids is 2. The average Bonchev–Trinajstić information content (AvgIpc) is 3.29. The van der Waals surface area contributed by atoms with Crippen molar-refractivity contribution in [3.8, 4) is 11.5 Å². The van der Waals surface area contributed by atoms with Gasteiger partial charge in [-0.2, -0.15) is 0 Å². The first-order valence-corrected chi connectivity index (χ1v) is 13.9. The molecule has 0 aliphatic carbocycles. The van der Waals surface area contributed by atoms with Gasteiger partial charge in [-0.15, -0.1) is 0 Å². The van der Waals surface area contributed by atoms with Crippen LogP contribution in [0.4, 0.5) is 0 Å². The number of esters is 2. The Morgan fingerprint density at radius 3 is 2.40 bits per heavy atom. The monoisotopic (exact) mass is 565 g/mol. The Morgan fingerprint density at radius 1 is 1.20 bits per heavy atom. The van der Waals surface area contributed by atoms with Crippen LogP contribution in [0.2, 0.25) is 0 Å². The van der Waals surface area contributed by atoms with E-state index >= 15 is 0 Å². The first-order valence-electron chi connectivity index (χ1n) is 13.9. The van der Waals surface area contributed by atoms with E-state index in [-0.39, 0.29) is 25.1 Å². The number of ether oxygens (including phenoxy) is 5. The summed E-state index contributed by atoms with van der Waals surface area (Å²) in [5.74, 6) is 0.816. The van der Waals surface area contributed by atoms with E-state index in [1.165, 1.54) is 14.0 Å². The lowest BCUT2D eigenvalue weighted by Crippen LogP contribution is -2.39. The summed E-state index contributed by atoms with van der Waals surface area (Å²) < 4.78 is 27.0. The molecule has 0 saturated carbocycles. The summed E-state index contributed by atoms with van der Waals surface area (Å²) in [6.07, 6.45) is 2.88. The molecule has 2 aliphatic rings. The smallest absolute Gasteiger partial charge is 0.335 e. The van der Waals surface area contributed by atoms with Crippen LogP contribution in [0.25, 0.3) is 0 Å². The predicted molar refractivity (Wildman–Crippen MR) is 150 cm³/mol. The fraction of sp³-hybridized carbons (Fsp3) is 0.667. The van der Waals surface area contributed by atoms with E-state index in [9.17, 15) is 19.8 Å². The molecule has 3 atom stereocenters. The van der Waals surface area contributed by atoms with Gasteiger partial charge in [0.05, 0.1) is 19.8 Å². The van der Waals surface area contributed by atoms with Gasteiger partial charge >= 0.3 is 11.9 Å². The Bertz CT molecular complexity index is 1000. The van der Waals surface area contributed by atoms with E-state index in [1.54, 1.807) is 27.0 Å². The minimum absolute atomic E-state index is 0.193. The van der Waals surface area contributed by atoms with Crippen LogP contribution in [0.5, 0.6) is 11.5 Å². The maximum atomic E-state index is 13.0. The minimum Gasteiger partial charge on any atom is -0.497 e. The Balaban J connectivity index is 0.00000103. The standard InChI is InChI=1S/C27H41NO7.C3H6O2/c1-6-12-28-13-10-18-14-23-24(34-17-33-23)15-19(18)20(16-28)25(22(7-2)32-5)35-26(30)21(29)9-8-11-27(3,4)31;1-3(4)5-2/h7,14-15,20-21,25,29,31H,6,8-13,16-17H2,1-5H3;1-2H3/b22-7+;. The molecule has 10 nitrogen and oxygen atoms in total. The topological polar surface area (TPSA) is 124 Å². The number of aliphatic hydroxyl groups is 2. The van der Waals surface area contributed by atoms with Gasteiger partial charge in [-0.3, -0.25) is 4.79 Å². The van der Waals surface area contributed by atoms with Crippen molar-refractivity contribution < 1.29 is 43.5 Å². The van der Waals surface area contributed by atoms with E-state index in [2.05, 4.69) is 16.6 Å². The quantitative estimate of drug-likeness (QED) is 0.303. The molecule has 0 radical (unpaired) electrons. The molecule has 2 N–H and O–H groups in total. The highest BCUT2D eigenvalue weighted by atomic mass is 16.7. The van der Waals surface area contributed by atoms with Gasteiger partial charge in [0.1, 0.15) is 5.76 Å². The Labute approximate surface area is 238 Å². The number of allylic oxidation sites excluding steroid dienone is 1. The van der Waals surface area contributed by atoms with Gasteiger partial charge in [0.25, 0.3) is 0 Å². The zero-order valence-corrected chi connectivity index (χ0v) is 25.0. The lowest BCUT2D eigenvalue weighted by molar-refractivity contribution is -0.161. The number of aliphatic hydroxyl groups excluding tert-OH is 1. The van der Waals surface area contributed by atoms with Crippen molar-refractivity contribution in [2.24, 2.45) is 0 Å². The highest BCUT2D eigenvalue weighted by Crippen LogP contribution is 2.41. The van der Waals surface area contributed by atoms with Crippen molar-refractivity contribution >= 4 is 11.9 Å². The van der Waals surface area contributed by atoms with Crippen LogP contribution in [0.15, 0.2) is 24.0 Å². The second kappa shape index (κ2) is 15.8. The van der Waals surface area contributed by atoms with Crippen LogP contribution in [-0.2, 0) is 30.2 Å². The van der Waals surface area contributed by atoms with Crippen molar-refractivity contribution in [3.05, 3.63) is 35.1 Å². The molecule has 226 valence electrons. The van der Waals surface area contributed by atoms with Gasteiger partial charge in [-0.05, 0) is 88.8 Å². The van der Waals surface area contributed by atoms with E-state index in [4.69, 9.17) is 18.9 Å². The molecule has 3 rings (SSSR count). The third-order valence-corrected chi connectivity index (χ3v) is 6.96. The van der Waals surface area contributed by atoms with Crippen LogP contribution in [0.1, 0.15) is 77.3 Å². The SMILES string of the molecule is C/C=C(/OC)C(OC(=O)C(O)CCCC(C)(C)O)C1CN(CCC)CCc2cc3c(cc21)OCO3.COC(C)=O. The molecule has 3 unspecified atom stereocenters. The number of hydrogen-bond donors (Lipinski definition) is 2. The van der Waals surface area contributed by atoms with Crippen molar-refractivity contribution in [3.63, 3.8) is 0 Å². The summed E-state index contributed by atoms with van der Waals surface area (Å²) in [4.78, 5) is 25.0. The predicted octanol–water partition coefficient (Wildman–Crippen LogP) is 3.71. The van der Waals surface area contributed by atoms with Crippen LogP contribution >= 0.6 is 0 Å². The highest BCUT2D eigenvalue weighted by molar-refractivity contribution is 5.74. The number of nitrogens with zero attached hydrogens (tertiary/aromatic N) is 1. The number of methoxy groups -OCH3 is 2. The zero-order chi connectivity index (χ0) is 29.9. The molecule has 0 saturated heterocycles. The molecule has 10 heteroatoms. The van der Waals surface area contributed by atoms with E-state index in [1.807, 2.05) is 19.1 Å². The number of hydrogen-bond acceptors (Lipinski definition) is 10. The molecular formula is C30H47NO9. The lowest BCUT2D eigenvalue weighted by atomic mass is 9.87. The first-order chi connectivity index (χ1) is 18.9. The van der Waals surface area contributed by atoms with Crippen LogP contribution < -0.4 is 9.47 Å². The van der Waals surface area contributed by atoms with Gasteiger partial charge in [0, 0.05) is 25.9 Å². The average molecular weight is 566 g/mol. The van der Waals surface area contributed by atoms with Gasteiger partial charge in [0.15, 0.2) is 23.7 Å². The molecule has 0 spiro atoms.